The molecule has 1 heterocycles. The van der Waals surface area contributed by atoms with Gasteiger partial charge in [-0.3, -0.25) is 0 Å². The Kier molecular flexibility index (Phi) is 3.39. The first-order valence-corrected chi connectivity index (χ1v) is 6.76. The summed E-state index contributed by atoms with van der Waals surface area (Å²) in [5, 5.41) is 12.5. The number of rotatable bonds is 3. The molecule has 0 amide bonds. The number of ether oxygens (including phenoxy) is 1. The van der Waals surface area contributed by atoms with Gasteiger partial charge >= 0.3 is 5.97 Å². The Balaban J connectivity index is 1.88. The molecule has 2 aromatic carbocycles. The van der Waals surface area contributed by atoms with Crippen LogP contribution >= 0.6 is 0 Å². The van der Waals surface area contributed by atoms with E-state index in [1.54, 1.807) is 18.2 Å². The lowest BCUT2D eigenvalue weighted by Crippen LogP contribution is -2.20. The summed E-state index contributed by atoms with van der Waals surface area (Å²) in [4.78, 5) is 11.1. The predicted molar refractivity (Wildman–Crippen MR) is 80.7 cm³/mol. The van der Waals surface area contributed by atoms with Gasteiger partial charge in [-0.2, -0.15) is 0 Å². The van der Waals surface area contributed by atoms with E-state index in [9.17, 15) is 4.79 Å². The number of benzene rings is 2. The SMILES string of the molecule is Nc1ccc(NC2CCOc3ccccc32)cc1C(=O)O. The molecule has 1 atom stereocenters. The predicted octanol–water partition coefficient (Wildman–Crippen LogP) is 2.90. The zero-order valence-electron chi connectivity index (χ0n) is 11.4. The van der Waals surface area contributed by atoms with Crippen molar-refractivity contribution in [3.8, 4) is 5.75 Å². The van der Waals surface area contributed by atoms with Crippen molar-refractivity contribution in [1.82, 2.24) is 0 Å². The average Bonchev–Trinajstić information content (AvgIpc) is 2.49. The summed E-state index contributed by atoms with van der Waals surface area (Å²) in [5.41, 5.74) is 7.87. The van der Waals surface area contributed by atoms with Gasteiger partial charge in [0.15, 0.2) is 0 Å². The minimum absolute atomic E-state index is 0.0974. The maximum absolute atomic E-state index is 11.1. The van der Waals surface area contributed by atoms with Crippen LogP contribution in [-0.4, -0.2) is 17.7 Å². The molecule has 0 spiro atoms. The molecule has 0 radical (unpaired) electrons. The lowest BCUT2D eigenvalue weighted by Gasteiger charge is -2.27. The molecular formula is C16H16N2O3. The van der Waals surface area contributed by atoms with Crippen molar-refractivity contribution < 1.29 is 14.6 Å². The van der Waals surface area contributed by atoms with E-state index in [0.29, 0.717) is 6.61 Å². The van der Waals surface area contributed by atoms with Crippen molar-refractivity contribution in [3.63, 3.8) is 0 Å². The van der Waals surface area contributed by atoms with Gasteiger partial charge < -0.3 is 20.9 Å². The van der Waals surface area contributed by atoms with Gasteiger partial charge in [0.1, 0.15) is 5.75 Å². The molecular weight excluding hydrogens is 268 g/mol. The van der Waals surface area contributed by atoms with Crippen LogP contribution in [0.1, 0.15) is 28.4 Å². The van der Waals surface area contributed by atoms with Crippen LogP contribution in [0.15, 0.2) is 42.5 Å². The molecule has 2 aromatic rings. The summed E-state index contributed by atoms with van der Waals surface area (Å²) >= 11 is 0. The maximum atomic E-state index is 11.1. The quantitative estimate of drug-likeness (QED) is 0.755. The normalized spacial score (nSPS) is 16.7. The smallest absolute Gasteiger partial charge is 0.337 e. The van der Waals surface area contributed by atoms with E-state index in [1.807, 2.05) is 24.3 Å². The van der Waals surface area contributed by atoms with E-state index >= 15 is 0 Å². The number of nitrogen functional groups attached to an aromatic ring is 1. The molecule has 0 aliphatic carbocycles. The number of aromatic carboxylic acids is 1. The Bertz CT molecular complexity index is 685. The number of carbonyl (C=O) groups is 1. The fraction of sp³-hybridized carbons (Fsp3) is 0.188. The molecule has 0 saturated heterocycles. The summed E-state index contributed by atoms with van der Waals surface area (Å²) in [6.07, 6.45) is 0.823. The first-order chi connectivity index (χ1) is 10.1. The van der Waals surface area contributed by atoms with Crippen LogP contribution < -0.4 is 15.8 Å². The molecule has 0 saturated carbocycles. The van der Waals surface area contributed by atoms with E-state index in [2.05, 4.69) is 5.32 Å². The third-order valence-corrected chi connectivity index (χ3v) is 3.58. The Morgan fingerprint density at radius 3 is 2.90 bits per heavy atom. The molecule has 1 unspecified atom stereocenters. The topological polar surface area (TPSA) is 84.6 Å². The van der Waals surface area contributed by atoms with Gasteiger partial charge in [0, 0.05) is 23.4 Å². The highest BCUT2D eigenvalue weighted by atomic mass is 16.5. The summed E-state index contributed by atoms with van der Waals surface area (Å²) < 4.78 is 5.62. The summed E-state index contributed by atoms with van der Waals surface area (Å²) in [7, 11) is 0. The van der Waals surface area contributed by atoms with E-state index in [-0.39, 0.29) is 17.3 Å². The molecule has 0 bridgehead atoms. The number of hydrogen-bond donors (Lipinski definition) is 3. The second kappa shape index (κ2) is 5.36. The molecule has 0 aromatic heterocycles. The molecule has 5 nitrogen and oxygen atoms in total. The van der Waals surface area contributed by atoms with Gasteiger partial charge in [-0.15, -0.1) is 0 Å². The largest absolute Gasteiger partial charge is 0.493 e. The van der Waals surface area contributed by atoms with E-state index in [0.717, 1.165) is 23.4 Å². The van der Waals surface area contributed by atoms with Crippen LogP contribution in [0.5, 0.6) is 5.75 Å². The first kappa shape index (κ1) is 13.3. The lowest BCUT2D eigenvalue weighted by atomic mass is 10.00. The fourth-order valence-corrected chi connectivity index (χ4v) is 2.52. The third kappa shape index (κ3) is 2.63. The Labute approximate surface area is 122 Å². The van der Waals surface area contributed by atoms with Crippen LogP contribution in [0.2, 0.25) is 0 Å². The van der Waals surface area contributed by atoms with Crippen LogP contribution in [-0.2, 0) is 0 Å². The van der Waals surface area contributed by atoms with Crippen LogP contribution in [0.3, 0.4) is 0 Å². The number of hydrogen-bond acceptors (Lipinski definition) is 4. The maximum Gasteiger partial charge on any atom is 0.337 e. The van der Waals surface area contributed by atoms with Crippen molar-refractivity contribution >= 4 is 17.3 Å². The Morgan fingerprint density at radius 2 is 2.10 bits per heavy atom. The number of fused-ring (bicyclic) bond motifs is 1. The van der Waals surface area contributed by atoms with Gasteiger partial charge in [0.2, 0.25) is 0 Å². The summed E-state index contributed by atoms with van der Waals surface area (Å²) in [6.45, 7) is 0.634. The standard InChI is InChI=1S/C16H16N2O3/c17-13-6-5-10(9-12(13)16(19)20)18-14-7-8-21-15-4-2-1-3-11(14)15/h1-6,9,14,18H,7-8,17H2,(H,19,20). The van der Waals surface area contributed by atoms with Crippen LogP contribution in [0.4, 0.5) is 11.4 Å². The Morgan fingerprint density at radius 1 is 1.29 bits per heavy atom. The second-order valence-corrected chi connectivity index (χ2v) is 4.98. The van der Waals surface area contributed by atoms with E-state index in [4.69, 9.17) is 15.6 Å². The molecule has 4 N–H and O–H groups in total. The van der Waals surface area contributed by atoms with Crippen molar-refractivity contribution in [2.45, 2.75) is 12.5 Å². The summed E-state index contributed by atoms with van der Waals surface area (Å²) in [5.74, 6) is -0.154. The van der Waals surface area contributed by atoms with Gasteiger partial charge in [-0.1, -0.05) is 18.2 Å². The lowest BCUT2D eigenvalue weighted by molar-refractivity contribution is 0.0698. The zero-order chi connectivity index (χ0) is 14.8. The molecule has 3 rings (SSSR count). The summed E-state index contributed by atoms with van der Waals surface area (Å²) in [6, 6.07) is 12.9. The van der Waals surface area contributed by atoms with Gasteiger partial charge in [0.25, 0.3) is 0 Å². The Hall–Kier alpha value is -2.69. The molecule has 108 valence electrons. The number of carboxylic acids is 1. The monoisotopic (exact) mass is 284 g/mol. The first-order valence-electron chi connectivity index (χ1n) is 6.76. The van der Waals surface area contributed by atoms with Gasteiger partial charge in [-0.05, 0) is 24.3 Å². The fourth-order valence-electron chi connectivity index (χ4n) is 2.52. The van der Waals surface area contributed by atoms with Gasteiger partial charge in [-0.25, -0.2) is 4.79 Å². The van der Waals surface area contributed by atoms with Crippen molar-refractivity contribution in [2.24, 2.45) is 0 Å². The highest BCUT2D eigenvalue weighted by Crippen LogP contribution is 2.34. The highest BCUT2D eigenvalue weighted by Gasteiger charge is 2.21. The minimum atomic E-state index is -1.02. The highest BCUT2D eigenvalue weighted by molar-refractivity contribution is 5.94. The van der Waals surface area contributed by atoms with Gasteiger partial charge in [0.05, 0.1) is 18.2 Å². The van der Waals surface area contributed by atoms with Crippen LogP contribution in [0, 0.1) is 0 Å². The molecule has 1 aliphatic rings. The number of anilines is 2. The number of nitrogens with two attached hydrogens (primary N) is 1. The molecule has 5 heteroatoms. The number of carboxylic acid groups (broad SMARTS) is 1. The zero-order valence-corrected chi connectivity index (χ0v) is 11.4. The average molecular weight is 284 g/mol. The van der Waals surface area contributed by atoms with Crippen molar-refractivity contribution in [3.05, 3.63) is 53.6 Å². The van der Waals surface area contributed by atoms with Crippen molar-refractivity contribution in [1.29, 1.82) is 0 Å². The van der Waals surface area contributed by atoms with Crippen LogP contribution in [0.25, 0.3) is 0 Å². The number of nitrogens with one attached hydrogen (secondary N) is 1. The third-order valence-electron chi connectivity index (χ3n) is 3.58. The van der Waals surface area contributed by atoms with Crippen molar-refractivity contribution in [2.75, 3.05) is 17.7 Å². The molecule has 1 aliphatic heterocycles. The van der Waals surface area contributed by atoms with E-state index in [1.165, 1.54) is 0 Å². The minimum Gasteiger partial charge on any atom is -0.493 e. The molecule has 21 heavy (non-hydrogen) atoms. The second-order valence-electron chi connectivity index (χ2n) is 4.98. The van der Waals surface area contributed by atoms with E-state index < -0.39 is 5.97 Å². The number of para-hydroxylation sites is 1. The molecule has 0 fully saturated rings.